The van der Waals surface area contributed by atoms with Crippen LogP contribution in [0.3, 0.4) is 0 Å². The molecule has 1 fully saturated rings. The summed E-state index contributed by atoms with van der Waals surface area (Å²) < 4.78 is 0. The van der Waals surface area contributed by atoms with Gasteiger partial charge in [0.2, 0.25) is 0 Å². The van der Waals surface area contributed by atoms with E-state index in [4.69, 9.17) is 14.9 Å². The Morgan fingerprint density at radius 2 is 2.03 bits per heavy atom. The number of amides is 1. The zero-order valence-electron chi connectivity index (χ0n) is 17.3. The maximum Gasteiger partial charge on any atom is 0.290 e. The van der Waals surface area contributed by atoms with Gasteiger partial charge in [0.1, 0.15) is 11.6 Å². The number of aromatic nitrogens is 3. The van der Waals surface area contributed by atoms with Crippen LogP contribution in [0, 0.1) is 6.92 Å². The number of H-pyrrole nitrogens is 1. The van der Waals surface area contributed by atoms with Crippen LogP contribution in [0.5, 0.6) is 0 Å². The standard InChI is InChI=1S/C21H25N5O.CH2O2/c1-15-6-5-7-17-20(15)24-18(23-17)9-13-25(2)19-14-16(8-10-22-19)21(27)26-11-3-4-12-26;2-1-3/h5-8,10,14H,3-4,9,11-13H2,1-2H3,(H,23,24);1H,(H,2,3). The van der Waals surface area contributed by atoms with E-state index in [-0.39, 0.29) is 12.4 Å². The van der Waals surface area contributed by atoms with E-state index < -0.39 is 0 Å². The predicted molar refractivity (Wildman–Crippen MR) is 116 cm³/mol. The lowest BCUT2D eigenvalue weighted by molar-refractivity contribution is -0.122. The third-order valence-electron chi connectivity index (χ3n) is 5.22. The number of aromatic amines is 1. The molecule has 0 spiro atoms. The van der Waals surface area contributed by atoms with Gasteiger partial charge in [0, 0.05) is 44.9 Å². The van der Waals surface area contributed by atoms with E-state index in [0.717, 1.165) is 61.6 Å². The molecule has 8 heteroatoms. The number of likely N-dealkylation sites (tertiary alicyclic amines) is 1. The van der Waals surface area contributed by atoms with E-state index in [1.54, 1.807) is 12.3 Å². The van der Waals surface area contributed by atoms with Crippen molar-refractivity contribution in [2.75, 3.05) is 31.6 Å². The molecule has 158 valence electrons. The van der Waals surface area contributed by atoms with Gasteiger partial charge in [-0.2, -0.15) is 0 Å². The number of para-hydroxylation sites is 1. The van der Waals surface area contributed by atoms with Crippen molar-refractivity contribution in [3.05, 3.63) is 53.5 Å². The molecule has 30 heavy (non-hydrogen) atoms. The van der Waals surface area contributed by atoms with Crippen LogP contribution in [-0.4, -0.2) is 64.0 Å². The van der Waals surface area contributed by atoms with Crippen molar-refractivity contribution < 1.29 is 14.7 Å². The van der Waals surface area contributed by atoms with Crippen LogP contribution < -0.4 is 4.90 Å². The Labute approximate surface area is 175 Å². The number of anilines is 1. The van der Waals surface area contributed by atoms with Crippen molar-refractivity contribution in [2.45, 2.75) is 26.2 Å². The zero-order valence-corrected chi connectivity index (χ0v) is 17.3. The minimum atomic E-state index is -0.250. The number of carbonyl (C=O) groups is 2. The number of nitrogens with one attached hydrogen (secondary N) is 1. The van der Waals surface area contributed by atoms with E-state index in [2.05, 4.69) is 33.9 Å². The van der Waals surface area contributed by atoms with Crippen LogP contribution in [0.2, 0.25) is 0 Å². The normalized spacial score (nSPS) is 13.1. The fourth-order valence-corrected chi connectivity index (χ4v) is 3.60. The van der Waals surface area contributed by atoms with Gasteiger partial charge in [-0.05, 0) is 43.5 Å². The Kier molecular flexibility index (Phi) is 7.00. The highest BCUT2D eigenvalue weighted by molar-refractivity contribution is 5.95. The number of nitrogens with zero attached hydrogens (tertiary/aromatic N) is 4. The number of rotatable bonds is 5. The van der Waals surface area contributed by atoms with Crippen molar-refractivity contribution in [3.8, 4) is 0 Å². The van der Waals surface area contributed by atoms with Gasteiger partial charge in [0.15, 0.2) is 0 Å². The molecule has 1 saturated heterocycles. The summed E-state index contributed by atoms with van der Waals surface area (Å²) >= 11 is 0. The van der Waals surface area contributed by atoms with E-state index in [9.17, 15) is 4.79 Å². The second kappa shape index (κ2) is 9.87. The first-order chi connectivity index (χ1) is 14.5. The van der Waals surface area contributed by atoms with Gasteiger partial charge in [-0.1, -0.05) is 12.1 Å². The molecule has 0 bridgehead atoms. The van der Waals surface area contributed by atoms with Crippen LogP contribution in [-0.2, 0) is 11.2 Å². The first kappa shape index (κ1) is 21.3. The number of imidazole rings is 1. The number of benzene rings is 1. The Morgan fingerprint density at radius 3 is 2.73 bits per heavy atom. The van der Waals surface area contributed by atoms with Gasteiger partial charge in [-0.3, -0.25) is 9.59 Å². The monoisotopic (exact) mass is 409 g/mol. The van der Waals surface area contributed by atoms with E-state index in [1.807, 2.05) is 24.1 Å². The lowest BCUT2D eigenvalue weighted by Crippen LogP contribution is -2.28. The summed E-state index contributed by atoms with van der Waals surface area (Å²) in [6.07, 6.45) is 4.71. The Bertz CT molecular complexity index is 1010. The quantitative estimate of drug-likeness (QED) is 0.628. The first-order valence-electron chi connectivity index (χ1n) is 10.0. The molecule has 1 aliphatic heterocycles. The molecular weight excluding hydrogens is 382 g/mol. The fraction of sp³-hybridized carbons (Fsp3) is 0.364. The van der Waals surface area contributed by atoms with Crippen LogP contribution in [0.25, 0.3) is 11.0 Å². The van der Waals surface area contributed by atoms with Gasteiger partial charge in [-0.25, -0.2) is 9.97 Å². The number of carbonyl (C=O) groups excluding carboxylic acids is 1. The molecule has 1 amide bonds. The van der Waals surface area contributed by atoms with Gasteiger partial charge in [0.25, 0.3) is 12.4 Å². The van der Waals surface area contributed by atoms with E-state index >= 15 is 0 Å². The van der Waals surface area contributed by atoms with Crippen molar-refractivity contribution in [1.82, 2.24) is 19.9 Å². The van der Waals surface area contributed by atoms with Crippen LogP contribution in [0.15, 0.2) is 36.5 Å². The molecule has 2 N–H and O–H groups in total. The average molecular weight is 409 g/mol. The number of likely N-dealkylation sites (N-methyl/N-ethyl adjacent to an activating group) is 1. The van der Waals surface area contributed by atoms with Gasteiger partial charge >= 0.3 is 0 Å². The highest BCUT2D eigenvalue weighted by Gasteiger charge is 2.20. The highest BCUT2D eigenvalue weighted by Crippen LogP contribution is 2.18. The molecule has 1 aromatic carbocycles. The predicted octanol–water partition coefficient (Wildman–Crippen LogP) is 2.88. The maximum atomic E-state index is 12.6. The molecule has 4 rings (SSSR count). The number of aryl methyl sites for hydroxylation is 1. The molecule has 0 aliphatic carbocycles. The molecule has 3 aromatic rings. The molecule has 3 heterocycles. The molecular formula is C22H27N5O3. The molecule has 0 radical (unpaired) electrons. The minimum Gasteiger partial charge on any atom is -0.483 e. The SMILES string of the molecule is Cc1cccc2[nH]c(CCN(C)c3cc(C(=O)N4CCCC4)ccn3)nc12.O=CO. The van der Waals surface area contributed by atoms with Crippen LogP contribution in [0.1, 0.15) is 34.6 Å². The summed E-state index contributed by atoms with van der Waals surface area (Å²) in [5.41, 5.74) is 4.00. The van der Waals surface area contributed by atoms with Crippen molar-refractivity contribution in [3.63, 3.8) is 0 Å². The lowest BCUT2D eigenvalue weighted by Gasteiger charge is -2.19. The second-order valence-electron chi connectivity index (χ2n) is 7.33. The number of fused-ring (bicyclic) bond motifs is 1. The highest BCUT2D eigenvalue weighted by atomic mass is 16.3. The average Bonchev–Trinajstić information content (AvgIpc) is 3.43. The fourth-order valence-electron chi connectivity index (χ4n) is 3.60. The van der Waals surface area contributed by atoms with Gasteiger partial charge < -0.3 is 19.9 Å². The molecule has 0 unspecified atom stereocenters. The topological polar surface area (TPSA) is 102 Å². The number of pyridine rings is 1. The van der Waals surface area contributed by atoms with Crippen LogP contribution >= 0.6 is 0 Å². The summed E-state index contributed by atoms with van der Waals surface area (Å²) in [6.45, 7) is 4.31. The largest absolute Gasteiger partial charge is 0.483 e. The second-order valence-corrected chi connectivity index (χ2v) is 7.33. The van der Waals surface area contributed by atoms with E-state index in [1.165, 1.54) is 5.56 Å². The molecule has 2 aromatic heterocycles. The van der Waals surface area contributed by atoms with Gasteiger partial charge in [0.05, 0.1) is 11.0 Å². The third kappa shape index (κ3) is 4.94. The van der Waals surface area contributed by atoms with Gasteiger partial charge in [-0.15, -0.1) is 0 Å². The Morgan fingerprint density at radius 1 is 1.30 bits per heavy atom. The first-order valence-corrected chi connectivity index (χ1v) is 10.0. The molecule has 0 saturated carbocycles. The smallest absolute Gasteiger partial charge is 0.290 e. The molecule has 8 nitrogen and oxygen atoms in total. The van der Waals surface area contributed by atoms with Crippen LogP contribution in [0.4, 0.5) is 5.82 Å². The summed E-state index contributed by atoms with van der Waals surface area (Å²) in [7, 11) is 2.00. The Balaban J connectivity index is 0.000000806. The number of hydrogen-bond acceptors (Lipinski definition) is 5. The third-order valence-corrected chi connectivity index (χ3v) is 5.22. The summed E-state index contributed by atoms with van der Waals surface area (Å²) in [6, 6.07) is 9.87. The van der Waals surface area contributed by atoms with Crippen molar-refractivity contribution in [2.24, 2.45) is 0 Å². The van der Waals surface area contributed by atoms with E-state index in [0.29, 0.717) is 5.56 Å². The lowest BCUT2D eigenvalue weighted by atomic mass is 10.2. The molecule has 1 aliphatic rings. The summed E-state index contributed by atoms with van der Waals surface area (Å²) in [5, 5.41) is 6.89. The molecule has 0 atom stereocenters. The van der Waals surface area contributed by atoms with Crippen molar-refractivity contribution in [1.29, 1.82) is 0 Å². The summed E-state index contributed by atoms with van der Waals surface area (Å²) in [4.78, 5) is 37.5. The van der Waals surface area contributed by atoms with Crippen molar-refractivity contribution >= 4 is 29.2 Å². The maximum absolute atomic E-state index is 12.6. The number of carboxylic acid groups (broad SMARTS) is 1. The number of hydrogen-bond donors (Lipinski definition) is 2. The minimum absolute atomic E-state index is 0.109. The summed E-state index contributed by atoms with van der Waals surface area (Å²) in [5.74, 6) is 1.89. The zero-order chi connectivity index (χ0) is 21.5. The Hall–Kier alpha value is -3.42.